The average Bonchev–Trinajstić information content (AvgIpc) is 2.86. The smallest absolute Gasteiger partial charge is 0.153 e. The van der Waals surface area contributed by atoms with Crippen LogP contribution in [0, 0.1) is 0 Å². The molecule has 0 aromatic carbocycles. The summed E-state index contributed by atoms with van der Waals surface area (Å²) in [7, 11) is 0. The standard InChI is InChI=1S/C11H8ClN3O/c12-7-4-11-14-9(10-2-1-3-16-10)6-15(11)5-8(7)13/h1-6H,13H2. The Labute approximate surface area is 96.3 Å². The van der Waals surface area contributed by atoms with E-state index in [9.17, 15) is 0 Å². The van der Waals surface area contributed by atoms with Gasteiger partial charge in [0.25, 0.3) is 0 Å². The number of furan rings is 1. The summed E-state index contributed by atoms with van der Waals surface area (Å²) in [5, 5.41) is 0.504. The highest BCUT2D eigenvalue weighted by atomic mass is 35.5. The number of hydrogen-bond donors (Lipinski definition) is 1. The van der Waals surface area contributed by atoms with E-state index in [-0.39, 0.29) is 0 Å². The van der Waals surface area contributed by atoms with E-state index in [1.54, 1.807) is 18.5 Å². The van der Waals surface area contributed by atoms with Gasteiger partial charge < -0.3 is 14.6 Å². The minimum Gasteiger partial charge on any atom is -0.463 e. The molecule has 5 heteroatoms. The zero-order valence-electron chi connectivity index (χ0n) is 8.22. The van der Waals surface area contributed by atoms with Gasteiger partial charge in [0, 0.05) is 18.5 Å². The van der Waals surface area contributed by atoms with E-state index in [0.29, 0.717) is 10.7 Å². The molecule has 0 saturated heterocycles. The van der Waals surface area contributed by atoms with Crippen molar-refractivity contribution in [3.63, 3.8) is 0 Å². The van der Waals surface area contributed by atoms with E-state index in [4.69, 9.17) is 21.8 Å². The molecule has 3 rings (SSSR count). The first-order valence-corrected chi connectivity index (χ1v) is 5.09. The highest BCUT2D eigenvalue weighted by molar-refractivity contribution is 6.33. The van der Waals surface area contributed by atoms with Crippen molar-refractivity contribution >= 4 is 22.9 Å². The molecule has 0 spiro atoms. The van der Waals surface area contributed by atoms with Crippen LogP contribution >= 0.6 is 11.6 Å². The van der Waals surface area contributed by atoms with Gasteiger partial charge in [-0.2, -0.15) is 0 Å². The molecule has 0 aliphatic heterocycles. The van der Waals surface area contributed by atoms with E-state index in [2.05, 4.69) is 4.98 Å². The van der Waals surface area contributed by atoms with Crippen LogP contribution in [0.1, 0.15) is 0 Å². The van der Waals surface area contributed by atoms with Crippen LogP contribution in [-0.2, 0) is 0 Å². The van der Waals surface area contributed by atoms with Crippen molar-refractivity contribution in [2.24, 2.45) is 0 Å². The molecule has 80 valence electrons. The van der Waals surface area contributed by atoms with Gasteiger partial charge in [-0.05, 0) is 12.1 Å². The molecule has 0 amide bonds. The molecule has 2 N–H and O–H groups in total. The van der Waals surface area contributed by atoms with Crippen molar-refractivity contribution < 1.29 is 4.42 Å². The predicted molar refractivity (Wildman–Crippen MR) is 62.3 cm³/mol. The summed E-state index contributed by atoms with van der Waals surface area (Å²) < 4.78 is 7.09. The van der Waals surface area contributed by atoms with Gasteiger partial charge in [0.2, 0.25) is 0 Å². The normalized spacial score (nSPS) is 11.1. The fraction of sp³-hybridized carbons (Fsp3) is 0. The Hall–Kier alpha value is -1.94. The first kappa shape index (κ1) is 9.30. The number of nitrogens with zero attached hydrogens (tertiary/aromatic N) is 2. The van der Waals surface area contributed by atoms with E-state index >= 15 is 0 Å². The van der Waals surface area contributed by atoms with E-state index < -0.39 is 0 Å². The minimum absolute atomic E-state index is 0.504. The number of halogens is 1. The van der Waals surface area contributed by atoms with Crippen LogP contribution < -0.4 is 5.73 Å². The van der Waals surface area contributed by atoms with Crippen LogP contribution in [0.2, 0.25) is 5.02 Å². The summed E-state index contributed by atoms with van der Waals surface area (Å²) in [6.07, 6.45) is 5.19. The summed E-state index contributed by atoms with van der Waals surface area (Å²) in [4.78, 5) is 4.39. The lowest BCUT2D eigenvalue weighted by atomic mass is 10.4. The zero-order chi connectivity index (χ0) is 11.1. The lowest BCUT2D eigenvalue weighted by Gasteiger charge is -1.97. The monoisotopic (exact) mass is 233 g/mol. The Kier molecular flexibility index (Phi) is 1.91. The Morgan fingerprint density at radius 1 is 1.38 bits per heavy atom. The predicted octanol–water partition coefficient (Wildman–Crippen LogP) is 2.83. The molecular formula is C11H8ClN3O. The number of rotatable bonds is 1. The maximum Gasteiger partial charge on any atom is 0.153 e. The molecule has 0 saturated carbocycles. The molecule has 0 aliphatic rings. The molecule has 4 nitrogen and oxygen atoms in total. The molecule has 0 aliphatic carbocycles. The quantitative estimate of drug-likeness (QED) is 0.703. The van der Waals surface area contributed by atoms with Gasteiger partial charge in [-0.1, -0.05) is 11.6 Å². The maximum atomic E-state index is 5.92. The number of nitrogens with two attached hydrogens (primary N) is 1. The SMILES string of the molecule is Nc1cn2cc(-c3ccco3)nc2cc1Cl. The molecule has 3 aromatic rings. The summed E-state index contributed by atoms with van der Waals surface area (Å²) in [6.45, 7) is 0. The number of fused-ring (bicyclic) bond motifs is 1. The number of hydrogen-bond acceptors (Lipinski definition) is 3. The molecule has 0 fully saturated rings. The molecule has 0 bridgehead atoms. The lowest BCUT2D eigenvalue weighted by molar-refractivity contribution is 0.580. The first-order chi connectivity index (χ1) is 7.74. The van der Waals surface area contributed by atoms with Crippen LogP contribution in [-0.4, -0.2) is 9.38 Å². The Balaban J connectivity index is 2.23. The summed E-state index contributed by atoms with van der Waals surface area (Å²) >= 11 is 5.92. The van der Waals surface area contributed by atoms with Crippen LogP contribution in [0.15, 0.2) is 41.3 Å². The lowest BCUT2D eigenvalue weighted by Crippen LogP contribution is -1.90. The summed E-state index contributed by atoms with van der Waals surface area (Å²) in [5.74, 6) is 0.721. The highest BCUT2D eigenvalue weighted by Crippen LogP contribution is 2.24. The van der Waals surface area contributed by atoms with E-state index in [0.717, 1.165) is 17.1 Å². The zero-order valence-corrected chi connectivity index (χ0v) is 8.98. The number of nitrogen functional groups attached to an aromatic ring is 1. The highest BCUT2D eigenvalue weighted by Gasteiger charge is 2.08. The summed E-state index contributed by atoms with van der Waals surface area (Å²) in [5.41, 5.74) is 7.73. The number of anilines is 1. The van der Waals surface area contributed by atoms with Gasteiger partial charge in [0.05, 0.1) is 17.0 Å². The third-order valence-electron chi connectivity index (χ3n) is 2.34. The van der Waals surface area contributed by atoms with Gasteiger partial charge in [-0.3, -0.25) is 0 Å². The minimum atomic E-state index is 0.504. The molecule has 3 aromatic heterocycles. The van der Waals surface area contributed by atoms with Crippen LogP contribution in [0.3, 0.4) is 0 Å². The van der Waals surface area contributed by atoms with Gasteiger partial charge in [0.15, 0.2) is 5.76 Å². The van der Waals surface area contributed by atoms with Gasteiger partial charge >= 0.3 is 0 Å². The van der Waals surface area contributed by atoms with Crippen molar-refractivity contribution in [2.45, 2.75) is 0 Å². The van der Waals surface area contributed by atoms with Gasteiger partial charge in [-0.15, -0.1) is 0 Å². The maximum absolute atomic E-state index is 5.92. The van der Waals surface area contributed by atoms with Gasteiger partial charge in [-0.25, -0.2) is 4.98 Å². The van der Waals surface area contributed by atoms with Crippen LogP contribution in [0.25, 0.3) is 17.1 Å². The first-order valence-electron chi connectivity index (χ1n) is 4.71. The van der Waals surface area contributed by atoms with Crippen LogP contribution in [0.4, 0.5) is 5.69 Å². The fourth-order valence-electron chi connectivity index (χ4n) is 1.57. The average molecular weight is 234 g/mol. The number of pyridine rings is 1. The number of imidazole rings is 1. The third-order valence-corrected chi connectivity index (χ3v) is 2.67. The second-order valence-electron chi connectivity index (χ2n) is 3.45. The van der Waals surface area contributed by atoms with Crippen molar-refractivity contribution in [1.82, 2.24) is 9.38 Å². The number of aromatic nitrogens is 2. The Morgan fingerprint density at radius 2 is 2.25 bits per heavy atom. The Bertz CT molecular complexity index is 604. The second kappa shape index (κ2) is 3.28. The third kappa shape index (κ3) is 1.35. The van der Waals surface area contributed by atoms with E-state index in [1.807, 2.05) is 22.7 Å². The van der Waals surface area contributed by atoms with Crippen molar-refractivity contribution in [2.75, 3.05) is 5.73 Å². The van der Waals surface area contributed by atoms with Gasteiger partial charge in [0.1, 0.15) is 11.3 Å². The Morgan fingerprint density at radius 3 is 3.00 bits per heavy atom. The fourth-order valence-corrected chi connectivity index (χ4v) is 1.72. The van der Waals surface area contributed by atoms with Crippen molar-refractivity contribution in [3.05, 3.63) is 41.9 Å². The molecule has 3 heterocycles. The van der Waals surface area contributed by atoms with Crippen LogP contribution in [0.5, 0.6) is 0 Å². The molecule has 16 heavy (non-hydrogen) atoms. The molecule has 0 radical (unpaired) electrons. The van der Waals surface area contributed by atoms with E-state index in [1.165, 1.54) is 0 Å². The van der Waals surface area contributed by atoms with Crippen molar-refractivity contribution in [3.8, 4) is 11.5 Å². The molecular weight excluding hydrogens is 226 g/mol. The molecule has 0 unspecified atom stereocenters. The second-order valence-corrected chi connectivity index (χ2v) is 3.85. The topological polar surface area (TPSA) is 56.5 Å². The summed E-state index contributed by atoms with van der Waals surface area (Å²) in [6, 6.07) is 5.40. The van der Waals surface area contributed by atoms with Crippen molar-refractivity contribution in [1.29, 1.82) is 0 Å². The molecule has 0 atom stereocenters. The largest absolute Gasteiger partial charge is 0.463 e.